The van der Waals surface area contributed by atoms with Crippen molar-refractivity contribution in [1.29, 1.82) is 0 Å². The van der Waals surface area contributed by atoms with Crippen LogP contribution in [-0.4, -0.2) is 47.2 Å². The number of benzene rings is 2. The minimum Gasteiger partial charge on any atom is -0.350 e. The molecule has 168 valence electrons. The molecular formula is C26H31N3O3. The maximum atomic E-state index is 12.5. The van der Waals surface area contributed by atoms with E-state index in [2.05, 4.69) is 36.2 Å². The van der Waals surface area contributed by atoms with Crippen molar-refractivity contribution in [2.45, 2.75) is 40.3 Å². The molecule has 32 heavy (non-hydrogen) atoms. The number of fused-ring (bicyclic) bond motifs is 1. The first kappa shape index (κ1) is 22.2. The summed E-state index contributed by atoms with van der Waals surface area (Å²) in [6.45, 7) is 9.81. The fourth-order valence-corrected chi connectivity index (χ4v) is 4.89. The molecule has 2 aromatic rings. The molecule has 3 amide bonds. The second-order valence-electron chi connectivity index (χ2n) is 9.48. The molecule has 6 nitrogen and oxygen atoms in total. The molecule has 1 N–H and O–H groups in total. The summed E-state index contributed by atoms with van der Waals surface area (Å²) >= 11 is 0. The van der Waals surface area contributed by atoms with Gasteiger partial charge in [-0.3, -0.25) is 24.2 Å². The minimum absolute atomic E-state index is 0.269. The number of piperidine rings is 1. The Labute approximate surface area is 189 Å². The molecule has 0 aliphatic carbocycles. The van der Waals surface area contributed by atoms with E-state index in [1.807, 2.05) is 19.1 Å². The number of aryl methyl sites for hydroxylation is 1. The number of rotatable bonds is 6. The maximum absolute atomic E-state index is 12.5. The summed E-state index contributed by atoms with van der Waals surface area (Å²) in [6.07, 6.45) is 1.30. The van der Waals surface area contributed by atoms with Crippen molar-refractivity contribution in [1.82, 2.24) is 15.1 Å². The molecule has 0 saturated carbocycles. The molecule has 0 bridgehead atoms. The molecule has 6 heteroatoms. The number of hydrogen-bond acceptors (Lipinski definition) is 4. The molecule has 0 spiro atoms. The molecule has 2 heterocycles. The summed E-state index contributed by atoms with van der Waals surface area (Å²) in [5, 5.41) is 2.82. The quantitative estimate of drug-likeness (QED) is 0.709. The average molecular weight is 434 g/mol. The molecular weight excluding hydrogens is 402 g/mol. The van der Waals surface area contributed by atoms with Gasteiger partial charge in [0, 0.05) is 26.2 Å². The van der Waals surface area contributed by atoms with E-state index in [1.54, 1.807) is 18.2 Å². The Bertz CT molecular complexity index is 1020. The molecule has 1 fully saturated rings. The standard InChI is InChI=1S/C26H31N3O3/c1-17-4-9-22-23(11-17)26(32)29(25(22)31)16-24(30)27-12-20-5-7-21(8-6-20)15-28-13-18(2)10-19(3)14-28/h4-9,11,18-19H,10,12-16H2,1-3H3,(H,27,30). The molecule has 4 rings (SSSR count). The predicted molar refractivity (Wildman–Crippen MR) is 123 cm³/mol. The van der Waals surface area contributed by atoms with Crippen molar-refractivity contribution in [2.75, 3.05) is 19.6 Å². The van der Waals surface area contributed by atoms with Crippen molar-refractivity contribution in [2.24, 2.45) is 11.8 Å². The van der Waals surface area contributed by atoms with E-state index in [1.165, 1.54) is 12.0 Å². The molecule has 2 aliphatic rings. The van der Waals surface area contributed by atoms with Crippen LogP contribution >= 0.6 is 0 Å². The normalized spacial score (nSPS) is 21.0. The summed E-state index contributed by atoms with van der Waals surface area (Å²) < 4.78 is 0. The molecule has 0 aromatic heterocycles. The Balaban J connectivity index is 1.28. The Morgan fingerprint density at radius 2 is 1.56 bits per heavy atom. The molecule has 2 unspecified atom stereocenters. The number of likely N-dealkylation sites (tertiary alicyclic amines) is 1. The highest BCUT2D eigenvalue weighted by atomic mass is 16.2. The van der Waals surface area contributed by atoms with Crippen molar-refractivity contribution in [3.63, 3.8) is 0 Å². The number of hydrogen-bond donors (Lipinski definition) is 1. The summed E-state index contributed by atoms with van der Waals surface area (Å²) in [4.78, 5) is 41.0. The topological polar surface area (TPSA) is 69.7 Å². The number of nitrogens with one attached hydrogen (secondary N) is 1. The van der Waals surface area contributed by atoms with Gasteiger partial charge in [0.1, 0.15) is 6.54 Å². The smallest absolute Gasteiger partial charge is 0.262 e. The van der Waals surface area contributed by atoms with E-state index >= 15 is 0 Å². The average Bonchev–Trinajstić information content (AvgIpc) is 2.97. The number of nitrogens with zero attached hydrogens (tertiary/aromatic N) is 2. The first-order valence-electron chi connectivity index (χ1n) is 11.3. The van der Waals surface area contributed by atoms with Crippen molar-refractivity contribution in [3.05, 3.63) is 70.3 Å². The summed E-state index contributed by atoms with van der Waals surface area (Å²) in [5.74, 6) is 0.302. The van der Waals surface area contributed by atoms with Gasteiger partial charge < -0.3 is 5.32 Å². The number of amides is 3. The largest absolute Gasteiger partial charge is 0.350 e. The SMILES string of the molecule is Cc1ccc2c(c1)C(=O)N(CC(=O)NCc1ccc(CN3CC(C)CC(C)C3)cc1)C2=O. The van der Waals surface area contributed by atoms with Gasteiger partial charge in [-0.05, 0) is 48.4 Å². The fourth-order valence-electron chi connectivity index (χ4n) is 4.89. The third-order valence-corrected chi connectivity index (χ3v) is 6.29. The van der Waals surface area contributed by atoms with E-state index in [4.69, 9.17) is 0 Å². The van der Waals surface area contributed by atoms with Gasteiger partial charge in [0.25, 0.3) is 11.8 Å². The number of carbonyl (C=O) groups is 3. The number of imide groups is 1. The van der Waals surface area contributed by atoms with Crippen LogP contribution in [0.3, 0.4) is 0 Å². The Kier molecular flexibility index (Phi) is 6.42. The van der Waals surface area contributed by atoms with Crippen LogP contribution in [0.4, 0.5) is 0 Å². The predicted octanol–water partition coefficient (Wildman–Crippen LogP) is 3.39. The Morgan fingerprint density at radius 3 is 2.25 bits per heavy atom. The van der Waals surface area contributed by atoms with Gasteiger partial charge in [0.2, 0.25) is 5.91 Å². The first-order valence-corrected chi connectivity index (χ1v) is 11.3. The Morgan fingerprint density at radius 1 is 0.938 bits per heavy atom. The van der Waals surface area contributed by atoms with E-state index in [0.717, 1.165) is 47.5 Å². The van der Waals surface area contributed by atoms with Crippen LogP contribution in [0.15, 0.2) is 42.5 Å². The van der Waals surface area contributed by atoms with E-state index < -0.39 is 11.8 Å². The van der Waals surface area contributed by atoms with Crippen LogP contribution in [0.25, 0.3) is 0 Å². The summed E-state index contributed by atoms with van der Waals surface area (Å²) in [5.41, 5.74) is 3.89. The lowest BCUT2D eigenvalue weighted by Gasteiger charge is -2.35. The van der Waals surface area contributed by atoms with Gasteiger partial charge in [-0.15, -0.1) is 0 Å². The van der Waals surface area contributed by atoms with Crippen LogP contribution in [0.1, 0.15) is 57.7 Å². The zero-order chi connectivity index (χ0) is 22.8. The van der Waals surface area contributed by atoms with Crippen LogP contribution in [-0.2, 0) is 17.9 Å². The van der Waals surface area contributed by atoms with Crippen LogP contribution in [0.5, 0.6) is 0 Å². The highest BCUT2D eigenvalue weighted by Gasteiger charge is 2.36. The van der Waals surface area contributed by atoms with E-state index in [-0.39, 0.29) is 12.5 Å². The molecule has 2 aliphatic heterocycles. The lowest BCUT2D eigenvalue weighted by molar-refractivity contribution is -0.121. The van der Waals surface area contributed by atoms with E-state index in [0.29, 0.717) is 17.7 Å². The Hall–Kier alpha value is -2.99. The third kappa shape index (κ3) is 4.91. The van der Waals surface area contributed by atoms with Crippen molar-refractivity contribution >= 4 is 17.7 Å². The van der Waals surface area contributed by atoms with E-state index in [9.17, 15) is 14.4 Å². The van der Waals surface area contributed by atoms with Gasteiger partial charge >= 0.3 is 0 Å². The first-order chi connectivity index (χ1) is 15.3. The van der Waals surface area contributed by atoms with Gasteiger partial charge in [0.05, 0.1) is 11.1 Å². The van der Waals surface area contributed by atoms with Crippen LogP contribution < -0.4 is 5.32 Å². The highest BCUT2D eigenvalue weighted by Crippen LogP contribution is 2.24. The lowest BCUT2D eigenvalue weighted by Crippen LogP contribution is -2.40. The lowest BCUT2D eigenvalue weighted by atomic mass is 9.91. The zero-order valence-corrected chi connectivity index (χ0v) is 19.1. The second kappa shape index (κ2) is 9.25. The highest BCUT2D eigenvalue weighted by molar-refractivity contribution is 6.22. The minimum atomic E-state index is -0.411. The second-order valence-corrected chi connectivity index (χ2v) is 9.48. The van der Waals surface area contributed by atoms with Crippen molar-refractivity contribution < 1.29 is 14.4 Å². The van der Waals surface area contributed by atoms with Crippen LogP contribution in [0, 0.1) is 18.8 Å². The fraction of sp³-hybridized carbons (Fsp3) is 0.423. The van der Waals surface area contributed by atoms with Gasteiger partial charge in [-0.1, -0.05) is 49.7 Å². The van der Waals surface area contributed by atoms with Gasteiger partial charge in [-0.2, -0.15) is 0 Å². The third-order valence-electron chi connectivity index (χ3n) is 6.29. The summed E-state index contributed by atoms with van der Waals surface area (Å²) in [6, 6.07) is 13.4. The van der Waals surface area contributed by atoms with Gasteiger partial charge in [0.15, 0.2) is 0 Å². The molecule has 1 saturated heterocycles. The molecule has 2 aromatic carbocycles. The molecule has 2 atom stereocenters. The number of carbonyl (C=O) groups excluding carboxylic acids is 3. The monoisotopic (exact) mass is 433 g/mol. The zero-order valence-electron chi connectivity index (χ0n) is 19.1. The van der Waals surface area contributed by atoms with Crippen molar-refractivity contribution in [3.8, 4) is 0 Å². The molecule has 0 radical (unpaired) electrons. The maximum Gasteiger partial charge on any atom is 0.262 e. The van der Waals surface area contributed by atoms with Crippen LogP contribution in [0.2, 0.25) is 0 Å². The van der Waals surface area contributed by atoms with Gasteiger partial charge in [-0.25, -0.2) is 0 Å². The summed E-state index contributed by atoms with van der Waals surface area (Å²) in [7, 11) is 0.